The summed E-state index contributed by atoms with van der Waals surface area (Å²) >= 11 is 0. The lowest BCUT2D eigenvalue weighted by molar-refractivity contribution is 0.0471. The number of sulfonamides is 1. The van der Waals surface area contributed by atoms with Gasteiger partial charge in [0.05, 0.1) is 12.0 Å². The second-order valence-corrected chi connectivity index (χ2v) is 7.65. The molecule has 0 saturated carbocycles. The van der Waals surface area contributed by atoms with Crippen LogP contribution in [0.25, 0.3) is 0 Å². The van der Waals surface area contributed by atoms with Crippen LogP contribution in [0.2, 0.25) is 0 Å². The summed E-state index contributed by atoms with van der Waals surface area (Å²) in [6.07, 6.45) is 1.72. The van der Waals surface area contributed by atoms with Gasteiger partial charge in [-0.1, -0.05) is 6.08 Å². The van der Waals surface area contributed by atoms with Crippen molar-refractivity contribution in [3.05, 3.63) is 59.4 Å². The number of methoxy groups -OCH3 is 1. The van der Waals surface area contributed by atoms with Gasteiger partial charge in [0.1, 0.15) is 11.3 Å². The second kappa shape index (κ2) is 8.41. The van der Waals surface area contributed by atoms with Gasteiger partial charge >= 0.3 is 5.97 Å². The van der Waals surface area contributed by atoms with Gasteiger partial charge in [-0.25, -0.2) is 18.4 Å². The maximum Gasteiger partial charge on any atom is 0.342 e. The van der Waals surface area contributed by atoms with Crippen LogP contribution >= 0.6 is 0 Å². The number of nitrogens with two attached hydrogens (primary N) is 1. The van der Waals surface area contributed by atoms with E-state index in [1.165, 1.54) is 19.2 Å². The van der Waals surface area contributed by atoms with Crippen LogP contribution in [0.4, 0.5) is 0 Å². The molecule has 8 nitrogen and oxygen atoms in total. The van der Waals surface area contributed by atoms with E-state index in [4.69, 9.17) is 14.6 Å². The summed E-state index contributed by atoms with van der Waals surface area (Å²) in [6, 6.07) is 5.28. The Labute approximate surface area is 163 Å². The number of hydrogen-bond donors (Lipinski definition) is 1. The fraction of sp³-hybridized carbons (Fsp3) is 0.263. The highest BCUT2D eigenvalue weighted by atomic mass is 32.2. The Bertz CT molecular complexity index is 1040. The van der Waals surface area contributed by atoms with E-state index in [1.54, 1.807) is 19.1 Å². The maximum atomic E-state index is 12.5. The monoisotopic (exact) mass is 406 g/mol. The van der Waals surface area contributed by atoms with Gasteiger partial charge in [-0.15, -0.1) is 6.58 Å². The fourth-order valence-electron chi connectivity index (χ4n) is 2.80. The number of ether oxygens (including phenoxy) is 2. The first kappa shape index (κ1) is 21.4. The van der Waals surface area contributed by atoms with E-state index in [0.29, 0.717) is 12.1 Å². The number of rotatable bonds is 8. The molecular formula is C19H22N2O6S. The van der Waals surface area contributed by atoms with Crippen molar-refractivity contribution in [1.82, 2.24) is 4.57 Å². The number of benzene rings is 1. The van der Waals surface area contributed by atoms with Gasteiger partial charge in [-0.3, -0.25) is 4.79 Å². The third kappa shape index (κ3) is 4.49. The first-order valence-corrected chi connectivity index (χ1v) is 9.83. The lowest BCUT2D eigenvalue weighted by Gasteiger charge is -2.10. The van der Waals surface area contributed by atoms with E-state index in [0.717, 1.165) is 17.5 Å². The van der Waals surface area contributed by atoms with Crippen LogP contribution in [0.3, 0.4) is 0 Å². The molecule has 0 unspecified atom stereocenters. The molecule has 1 aromatic carbocycles. The molecule has 0 bridgehead atoms. The molecule has 150 valence electrons. The Hall–Kier alpha value is -2.91. The molecule has 1 heterocycles. The molecule has 0 saturated heterocycles. The number of ketones is 1. The van der Waals surface area contributed by atoms with E-state index in [-0.39, 0.29) is 22.0 Å². The van der Waals surface area contributed by atoms with Crippen molar-refractivity contribution in [1.29, 1.82) is 0 Å². The van der Waals surface area contributed by atoms with Crippen LogP contribution < -0.4 is 9.88 Å². The molecule has 2 aromatic rings. The molecule has 0 aliphatic carbocycles. The first-order chi connectivity index (χ1) is 13.1. The van der Waals surface area contributed by atoms with Crippen LogP contribution in [-0.4, -0.2) is 38.5 Å². The predicted octanol–water partition coefficient (Wildman–Crippen LogP) is 1.99. The molecule has 0 aliphatic heterocycles. The highest BCUT2D eigenvalue weighted by Crippen LogP contribution is 2.23. The molecule has 0 aliphatic rings. The summed E-state index contributed by atoms with van der Waals surface area (Å²) in [5.74, 6) is -1.16. The Morgan fingerprint density at radius 2 is 1.89 bits per heavy atom. The van der Waals surface area contributed by atoms with E-state index in [2.05, 4.69) is 6.58 Å². The van der Waals surface area contributed by atoms with Crippen LogP contribution in [0.1, 0.15) is 32.1 Å². The van der Waals surface area contributed by atoms with Crippen molar-refractivity contribution in [3.8, 4) is 5.75 Å². The molecular weight excluding hydrogens is 384 g/mol. The largest absolute Gasteiger partial charge is 0.496 e. The van der Waals surface area contributed by atoms with Gasteiger partial charge in [0.2, 0.25) is 15.8 Å². The zero-order valence-electron chi connectivity index (χ0n) is 15.9. The minimum absolute atomic E-state index is 0.106. The zero-order chi connectivity index (χ0) is 21.1. The van der Waals surface area contributed by atoms with Crippen LogP contribution in [0.15, 0.2) is 41.8 Å². The van der Waals surface area contributed by atoms with Crippen molar-refractivity contribution in [2.24, 2.45) is 5.14 Å². The second-order valence-electron chi connectivity index (χ2n) is 6.09. The summed E-state index contributed by atoms with van der Waals surface area (Å²) in [5, 5.41) is 5.09. The van der Waals surface area contributed by atoms with Crippen molar-refractivity contribution < 1.29 is 27.5 Å². The number of nitrogens with zero attached hydrogens (tertiary/aromatic N) is 1. The van der Waals surface area contributed by atoms with E-state index in [1.807, 2.05) is 11.5 Å². The summed E-state index contributed by atoms with van der Waals surface area (Å²) in [5.41, 5.74) is 1.93. The number of aryl methyl sites for hydroxylation is 1. The van der Waals surface area contributed by atoms with Gasteiger partial charge in [0.25, 0.3) is 0 Å². The molecule has 0 fully saturated rings. The number of carbonyl (C=O) groups excluding carboxylic acids is 2. The molecule has 2 N–H and O–H groups in total. The van der Waals surface area contributed by atoms with Crippen molar-refractivity contribution in [2.75, 3.05) is 13.7 Å². The lowest BCUT2D eigenvalue weighted by atomic mass is 10.1. The number of primary sulfonamides is 1. The van der Waals surface area contributed by atoms with Gasteiger partial charge in [0, 0.05) is 23.5 Å². The average Bonchev–Trinajstić information content (AvgIpc) is 2.93. The van der Waals surface area contributed by atoms with Gasteiger partial charge in [-0.2, -0.15) is 0 Å². The third-order valence-corrected chi connectivity index (χ3v) is 5.15. The predicted molar refractivity (Wildman–Crippen MR) is 103 cm³/mol. The lowest BCUT2D eigenvalue weighted by Crippen LogP contribution is -2.17. The summed E-state index contributed by atoms with van der Waals surface area (Å²) < 4.78 is 35.1. The van der Waals surface area contributed by atoms with Crippen molar-refractivity contribution in [3.63, 3.8) is 0 Å². The Morgan fingerprint density at radius 1 is 1.21 bits per heavy atom. The first-order valence-electron chi connectivity index (χ1n) is 8.29. The van der Waals surface area contributed by atoms with Crippen molar-refractivity contribution in [2.45, 2.75) is 25.3 Å². The number of aromatic nitrogens is 1. The number of esters is 1. The van der Waals surface area contributed by atoms with Crippen LogP contribution in [0.5, 0.6) is 5.75 Å². The normalized spacial score (nSPS) is 11.1. The Kier molecular flexibility index (Phi) is 6.42. The minimum Gasteiger partial charge on any atom is -0.496 e. The molecule has 0 atom stereocenters. The summed E-state index contributed by atoms with van der Waals surface area (Å²) in [4.78, 5) is 24.6. The third-order valence-electron chi connectivity index (χ3n) is 4.24. The zero-order valence-corrected chi connectivity index (χ0v) is 16.7. The Balaban J connectivity index is 2.21. The maximum absolute atomic E-state index is 12.5. The quantitative estimate of drug-likeness (QED) is 0.407. The molecule has 2 rings (SSSR count). The molecule has 0 radical (unpaired) electrons. The molecule has 0 amide bonds. The van der Waals surface area contributed by atoms with E-state index < -0.39 is 22.6 Å². The smallest absolute Gasteiger partial charge is 0.342 e. The molecule has 28 heavy (non-hydrogen) atoms. The molecule has 9 heteroatoms. The van der Waals surface area contributed by atoms with Crippen molar-refractivity contribution >= 4 is 21.8 Å². The van der Waals surface area contributed by atoms with E-state index >= 15 is 0 Å². The SMILES string of the molecule is C=CCn1c(C)cc(C(=O)COC(=O)c2cc(S(N)(=O)=O)ccc2OC)c1C. The topological polar surface area (TPSA) is 118 Å². The average molecular weight is 406 g/mol. The fourth-order valence-corrected chi connectivity index (χ4v) is 3.34. The highest BCUT2D eigenvalue weighted by molar-refractivity contribution is 7.89. The Morgan fingerprint density at radius 3 is 2.46 bits per heavy atom. The summed E-state index contributed by atoms with van der Waals surface area (Å²) in [7, 11) is -2.69. The van der Waals surface area contributed by atoms with Crippen LogP contribution in [0, 0.1) is 13.8 Å². The highest BCUT2D eigenvalue weighted by Gasteiger charge is 2.21. The number of Topliss-reactive ketones (excluding diaryl/α,β-unsaturated/α-hetero) is 1. The standard InChI is InChI=1S/C19H22N2O6S/c1-5-8-21-12(2)9-15(13(21)3)17(22)11-27-19(23)16-10-14(28(20,24)25)6-7-18(16)26-4/h5-7,9-10H,1,8,11H2,2-4H3,(H2,20,24,25). The minimum atomic E-state index is -4.01. The van der Waals surface area contributed by atoms with E-state index in [9.17, 15) is 18.0 Å². The molecule has 0 spiro atoms. The number of carbonyl (C=O) groups is 2. The van der Waals surface area contributed by atoms with Gasteiger partial charge in [-0.05, 0) is 38.1 Å². The number of hydrogen-bond acceptors (Lipinski definition) is 6. The van der Waals surface area contributed by atoms with Gasteiger partial charge in [0.15, 0.2) is 6.61 Å². The van der Waals surface area contributed by atoms with Gasteiger partial charge < -0.3 is 14.0 Å². The van der Waals surface area contributed by atoms with Crippen LogP contribution in [-0.2, 0) is 21.3 Å². The number of allylic oxidation sites excluding steroid dienone is 1. The molecule has 1 aromatic heterocycles. The summed E-state index contributed by atoms with van der Waals surface area (Å²) in [6.45, 7) is 7.40.